The molecule has 0 fully saturated rings. The van der Waals surface area contributed by atoms with E-state index in [1.54, 1.807) is 4.57 Å². The number of halogens is 1. The molecule has 1 heterocycles. The number of benzene rings is 1. The summed E-state index contributed by atoms with van der Waals surface area (Å²) in [7, 11) is 0. The van der Waals surface area contributed by atoms with E-state index in [9.17, 15) is 9.18 Å². The third kappa shape index (κ3) is 3.14. The minimum absolute atomic E-state index is 0.0172. The molecule has 0 atom stereocenters. The van der Waals surface area contributed by atoms with Gasteiger partial charge in [0.25, 0.3) is 0 Å². The first-order chi connectivity index (χ1) is 9.47. The molecule has 0 spiro atoms. The molecule has 6 heteroatoms. The molecule has 1 aromatic carbocycles. The molecule has 0 bridgehead atoms. The quantitative estimate of drug-likeness (QED) is 0.913. The van der Waals surface area contributed by atoms with Crippen molar-refractivity contribution < 1.29 is 19.0 Å². The third-order valence-corrected chi connectivity index (χ3v) is 2.77. The van der Waals surface area contributed by atoms with Gasteiger partial charge in [-0.25, -0.2) is 14.2 Å². The molecule has 0 saturated carbocycles. The van der Waals surface area contributed by atoms with Gasteiger partial charge >= 0.3 is 5.97 Å². The lowest BCUT2D eigenvalue weighted by Gasteiger charge is -2.12. The molecule has 1 N–H and O–H groups in total. The molecule has 0 amide bonds. The molecule has 0 saturated heterocycles. The largest absolute Gasteiger partial charge is 0.486 e. The zero-order chi connectivity index (χ0) is 14.7. The van der Waals surface area contributed by atoms with Crippen molar-refractivity contribution in [1.82, 2.24) is 9.55 Å². The normalized spacial score (nSPS) is 10.8. The van der Waals surface area contributed by atoms with Crippen LogP contribution in [0, 0.1) is 5.82 Å². The van der Waals surface area contributed by atoms with E-state index in [0.29, 0.717) is 11.6 Å². The molecule has 0 aliphatic carbocycles. The maximum absolute atomic E-state index is 12.8. The summed E-state index contributed by atoms with van der Waals surface area (Å²) in [5.41, 5.74) is -0.0172. The van der Waals surface area contributed by atoms with Gasteiger partial charge in [-0.15, -0.1) is 0 Å². The summed E-state index contributed by atoms with van der Waals surface area (Å²) < 4.78 is 20.0. The van der Waals surface area contributed by atoms with Crippen molar-refractivity contribution in [3.05, 3.63) is 47.8 Å². The van der Waals surface area contributed by atoms with Gasteiger partial charge in [0, 0.05) is 12.2 Å². The van der Waals surface area contributed by atoms with Crippen molar-refractivity contribution in [2.75, 3.05) is 0 Å². The smallest absolute Gasteiger partial charge is 0.356 e. The average Bonchev–Trinajstić information content (AvgIpc) is 2.82. The molecule has 106 valence electrons. The van der Waals surface area contributed by atoms with Crippen molar-refractivity contribution in [1.29, 1.82) is 0 Å². The van der Waals surface area contributed by atoms with Crippen LogP contribution in [0.2, 0.25) is 0 Å². The van der Waals surface area contributed by atoms with Crippen LogP contribution in [0.15, 0.2) is 30.5 Å². The zero-order valence-electron chi connectivity index (χ0n) is 11.2. The number of carbonyl (C=O) groups is 1. The van der Waals surface area contributed by atoms with Gasteiger partial charge in [-0.1, -0.05) is 0 Å². The minimum atomic E-state index is -1.08. The van der Waals surface area contributed by atoms with Crippen LogP contribution in [-0.2, 0) is 6.61 Å². The predicted molar refractivity (Wildman–Crippen MR) is 70.3 cm³/mol. The van der Waals surface area contributed by atoms with E-state index >= 15 is 0 Å². The Morgan fingerprint density at radius 3 is 2.60 bits per heavy atom. The van der Waals surface area contributed by atoms with Crippen LogP contribution in [-0.4, -0.2) is 20.6 Å². The Morgan fingerprint density at radius 1 is 1.40 bits per heavy atom. The topological polar surface area (TPSA) is 64.4 Å². The molecule has 0 unspecified atom stereocenters. The van der Waals surface area contributed by atoms with Gasteiger partial charge in [-0.2, -0.15) is 0 Å². The number of nitrogens with zero attached hydrogens (tertiary/aromatic N) is 2. The maximum atomic E-state index is 12.8. The maximum Gasteiger partial charge on any atom is 0.356 e. The van der Waals surface area contributed by atoms with E-state index in [4.69, 9.17) is 9.84 Å². The van der Waals surface area contributed by atoms with E-state index < -0.39 is 5.97 Å². The summed E-state index contributed by atoms with van der Waals surface area (Å²) in [6.07, 6.45) is 1.48. The lowest BCUT2D eigenvalue weighted by Crippen LogP contribution is -2.08. The van der Waals surface area contributed by atoms with Crippen LogP contribution in [0.25, 0.3) is 0 Å². The average molecular weight is 278 g/mol. The first-order valence-electron chi connectivity index (χ1n) is 6.17. The highest BCUT2D eigenvalue weighted by Gasteiger charge is 2.15. The van der Waals surface area contributed by atoms with E-state index in [-0.39, 0.29) is 24.2 Å². The Labute approximate surface area is 115 Å². The summed E-state index contributed by atoms with van der Waals surface area (Å²) >= 11 is 0. The lowest BCUT2D eigenvalue weighted by atomic mass is 10.3. The minimum Gasteiger partial charge on any atom is -0.486 e. The zero-order valence-corrected chi connectivity index (χ0v) is 11.2. The molecular formula is C14H15FN2O3. The first kappa shape index (κ1) is 14.0. The van der Waals surface area contributed by atoms with E-state index in [1.807, 2.05) is 13.8 Å². The van der Waals surface area contributed by atoms with Crippen LogP contribution in [0.5, 0.6) is 5.75 Å². The van der Waals surface area contributed by atoms with Crippen molar-refractivity contribution in [3.63, 3.8) is 0 Å². The van der Waals surface area contributed by atoms with Crippen LogP contribution >= 0.6 is 0 Å². The highest BCUT2D eigenvalue weighted by Crippen LogP contribution is 2.16. The standard InChI is InChI=1S/C14H15FN2O3/c1-9(2)17-7-12(14(18)19)16-13(17)8-20-11-5-3-10(15)4-6-11/h3-7,9H,8H2,1-2H3,(H,18,19). The van der Waals surface area contributed by atoms with E-state index in [0.717, 1.165) is 0 Å². The van der Waals surface area contributed by atoms with E-state index in [1.165, 1.54) is 30.5 Å². The van der Waals surface area contributed by atoms with Crippen LogP contribution in [0.4, 0.5) is 4.39 Å². The predicted octanol–water partition coefficient (Wildman–Crippen LogP) is 2.88. The van der Waals surface area contributed by atoms with Gasteiger partial charge in [-0.05, 0) is 38.1 Å². The second-order valence-electron chi connectivity index (χ2n) is 4.59. The van der Waals surface area contributed by atoms with Crippen LogP contribution < -0.4 is 4.74 Å². The highest BCUT2D eigenvalue weighted by atomic mass is 19.1. The summed E-state index contributed by atoms with van der Waals surface area (Å²) in [4.78, 5) is 15.0. The highest BCUT2D eigenvalue weighted by molar-refractivity contribution is 5.85. The molecule has 2 aromatic rings. The number of imidazole rings is 1. The van der Waals surface area contributed by atoms with Gasteiger partial charge in [0.1, 0.15) is 24.0 Å². The number of carboxylic acid groups (broad SMARTS) is 1. The molecule has 1 aromatic heterocycles. The van der Waals surface area contributed by atoms with E-state index in [2.05, 4.69) is 4.98 Å². The lowest BCUT2D eigenvalue weighted by molar-refractivity contribution is 0.0690. The first-order valence-corrected chi connectivity index (χ1v) is 6.17. The number of hydrogen-bond acceptors (Lipinski definition) is 3. The summed E-state index contributed by atoms with van der Waals surface area (Å²) in [5.74, 6) is -0.398. The van der Waals surface area contributed by atoms with Gasteiger partial charge in [0.15, 0.2) is 5.69 Å². The number of aromatic carboxylic acids is 1. The van der Waals surface area contributed by atoms with Crippen molar-refractivity contribution >= 4 is 5.97 Å². The third-order valence-electron chi connectivity index (χ3n) is 2.77. The second-order valence-corrected chi connectivity index (χ2v) is 4.59. The molecule has 20 heavy (non-hydrogen) atoms. The number of ether oxygens (including phenoxy) is 1. The molecule has 2 rings (SSSR count). The second kappa shape index (κ2) is 5.73. The SMILES string of the molecule is CC(C)n1cc(C(=O)O)nc1COc1ccc(F)cc1. The summed E-state index contributed by atoms with van der Waals surface area (Å²) in [6, 6.07) is 5.69. The summed E-state index contributed by atoms with van der Waals surface area (Å²) in [6.45, 7) is 3.97. The Kier molecular flexibility index (Phi) is 4.02. The number of rotatable bonds is 5. The summed E-state index contributed by atoms with van der Waals surface area (Å²) in [5, 5.41) is 8.96. The molecule has 0 aliphatic heterocycles. The Morgan fingerprint density at radius 2 is 2.05 bits per heavy atom. The molecule has 5 nitrogen and oxygen atoms in total. The Hall–Kier alpha value is -2.37. The van der Waals surface area contributed by atoms with Crippen molar-refractivity contribution in [2.45, 2.75) is 26.5 Å². The number of hydrogen-bond donors (Lipinski definition) is 1. The Balaban J connectivity index is 2.15. The van der Waals surface area contributed by atoms with Gasteiger partial charge in [0.2, 0.25) is 0 Å². The monoisotopic (exact) mass is 278 g/mol. The van der Waals surface area contributed by atoms with Crippen molar-refractivity contribution in [2.24, 2.45) is 0 Å². The fourth-order valence-electron chi connectivity index (χ4n) is 1.77. The fraction of sp³-hybridized carbons (Fsp3) is 0.286. The number of carboxylic acids is 1. The molecule has 0 radical (unpaired) electrons. The van der Waals surface area contributed by atoms with Crippen LogP contribution in [0.1, 0.15) is 36.2 Å². The van der Waals surface area contributed by atoms with Crippen molar-refractivity contribution in [3.8, 4) is 5.75 Å². The van der Waals surface area contributed by atoms with Gasteiger partial charge in [-0.3, -0.25) is 0 Å². The Bertz CT molecular complexity index is 605. The molecule has 0 aliphatic rings. The van der Waals surface area contributed by atoms with Gasteiger partial charge < -0.3 is 14.4 Å². The van der Waals surface area contributed by atoms with Gasteiger partial charge in [0.05, 0.1) is 0 Å². The van der Waals surface area contributed by atoms with Crippen LogP contribution in [0.3, 0.4) is 0 Å². The number of aromatic nitrogens is 2. The molecular weight excluding hydrogens is 263 g/mol. The fourth-order valence-corrected chi connectivity index (χ4v) is 1.77.